The molecule has 2 aromatic rings. The summed E-state index contributed by atoms with van der Waals surface area (Å²) in [5, 5.41) is 4.98. The van der Waals surface area contributed by atoms with Gasteiger partial charge >= 0.3 is 0 Å². The summed E-state index contributed by atoms with van der Waals surface area (Å²) >= 11 is 0. The van der Waals surface area contributed by atoms with Crippen LogP contribution in [0.15, 0.2) is 36.5 Å². The van der Waals surface area contributed by atoms with Crippen LogP contribution in [0.2, 0.25) is 0 Å². The van der Waals surface area contributed by atoms with E-state index in [1.807, 2.05) is 10.7 Å². The molecule has 0 N–H and O–H groups in total. The third-order valence-corrected chi connectivity index (χ3v) is 6.20. The normalized spacial score (nSPS) is 25.5. The number of likely N-dealkylation sites (tertiary alicyclic amines) is 1. The number of aromatic nitrogens is 2. The zero-order chi connectivity index (χ0) is 17.4. The molecule has 5 rings (SSSR count). The van der Waals surface area contributed by atoms with Gasteiger partial charge in [-0.3, -0.25) is 0 Å². The molecule has 4 heterocycles. The molecular formula is C21H27N3O2. The van der Waals surface area contributed by atoms with E-state index in [9.17, 15) is 0 Å². The first-order valence-corrected chi connectivity index (χ1v) is 9.91. The van der Waals surface area contributed by atoms with Crippen LogP contribution in [0, 0.1) is 5.92 Å². The van der Waals surface area contributed by atoms with Crippen molar-refractivity contribution in [3.63, 3.8) is 0 Å². The Labute approximate surface area is 154 Å². The lowest BCUT2D eigenvalue weighted by Gasteiger charge is -2.43. The van der Waals surface area contributed by atoms with Crippen LogP contribution in [0.4, 0.5) is 0 Å². The van der Waals surface area contributed by atoms with Crippen LogP contribution in [0.25, 0.3) is 5.69 Å². The largest absolute Gasteiger partial charge is 0.381 e. The SMILES string of the molecule is c1ccc(-n2cc3c(n2)C2(CCN(CC4CCOC4)CC2)OCC3)cc1. The molecule has 2 saturated heterocycles. The van der Waals surface area contributed by atoms with Crippen molar-refractivity contribution in [2.45, 2.75) is 31.3 Å². The molecule has 5 heteroatoms. The van der Waals surface area contributed by atoms with Crippen LogP contribution in [0.3, 0.4) is 0 Å². The molecule has 1 spiro atoms. The van der Waals surface area contributed by atoms with Gasteiger partial charge in [0.2, 0.25) is 0 Å². The minimum atomic E-state index is -0.184. The van der Waals surface area contributed by atoms with Gasteiger partial charge in [0.05, 0.1) is 24.6 Å². The zero-order valence-corrected chi connectivity index (χ0v) is 15.3. The fraction of sp³-hybridized carbons (Fsp3) is 0.571. The molecule has 3 aliphatic rings. The van der Waals surface area contributed by atoms with E-state index in [2.05, 4.69) is 35.4 Å². The van der Waals surface area contributed by atoms with Crippen molar-refractivity contribution in [1.82, 2.24) is 14.7 Å². The minimum absolute atomic E-state index is 0.184. The summed E-state index contributed by atoms with van der Waals surface area (Å²) in [5.41, 5.74) is 3.47. The Morgan fingerprint density at radius 1 is 1.12 bits per heavy atom. The van der Waals surface area contributed by atoms with Crippen molar-refractivity contribution < 1.29 is 9.47 Å². The van der Waals surface area contributed by atoms with Gasteiger partial charge in [0.25, 0.3) is 0 Å². The zero-order valence-electron chi connectivity index (χ0n) is 15.3. The van der Waals surface area contributed by atoms with E-state index in [1.54, 1.807) is 0 Å². The molecule has 3 aliphatic heterocycles. The molecule has 0 amide bonds. The molecule has 1 atom stereocenters. The Hall–Kier alpha value is -1.69. The number of rotatable bonds is 3. The van der Waals surface area contributed by atoms with Gasteiger partial charge in [-0.05, 0) is 49.3 Å². The van der Waals surface area contributed by atoms with Crippen molar-refractivity contribution in [2.75, 3.05) is 39.5 Å². The molecule has 2 fully saturated rings. The second kappa shape index (κ2) is 6.80. The first-order chi connectivity index (χ1) is 12.8. The Morgan fingerprint density at radius 3 is 2.73 bits per heavy atom. The second-order valence-electron chi connectivity index (χ2n) is 7.91. The average molecular weight is 353 g/mol. The van der Waals surface area contributed by atoms with Crippen LogP contribution in [0.5, 0.6) is 0 Å². The van der Waals surface area contributed by atoms with Gasteiger partial charge in [0, 0.05) is 32.4 Å². The van der Waals surface area contributed by atoms with Crippen molar-refractivity contribution >= 4 is 0 Å². The fourth-order valence-electron chi connectivity index (χ4n) is 4.68. The van der Waals surface area contributed by atoms with Gasteiger partial charge in [-0.1, -0.05) is 18.2 Å². The van der Waals surface area contributed by atoms with Crippen LogP contribution in [0.1, 0.15) is 30.5 Å². The van der Waals surface area contributed by atoms with E-state index < -0.39 is 0 Å². The summed E-state index contributed by atoms with van der Waals surface area (Å²) in [6.07, 6.45) is 6.47. The predicted octanol–water partition coefficient (Wildman–Crippen LogP) is 2.77. The number of hydrogen-bond donors (Lipinski definition) is 0. The molecule has 26 heavy (non-hydrogen) atoms. The number of piperidine rings is 1. The van der Waals surface area contributed by atoms with Gasteiger partial charge < -0.3 is 14.4 Å². The van der Waals surface area contributed by atoms with Crippen molar-refractivity contribution in [3.8, 4) is 5.69 Å². The average Bonchev–Trinajstić information content (AvgIpc) is 3.35. The molecule has 0 aliphatic carbocycles. The molecule has 0 radical (unpaired) electrons. The fourth-order valence-corrected chi connectivity index (χ4v) is 4.68. The van der Waals surface area contributed by atoms with E-state index in [-0.39, 0.29) is 5.60 Å². The third-order valence-electron chi connectivity index (χ3n) is 6.20. The Kier molecular flexibility index (Phi) is 4.31. The number of benzene rings is 1. The smallest absolute Gasteiger partial charge is 0.115 e. The maximum Gasteiger partial charge on any atom is 0.115 e. The van der Waals surface area contributed by atoms with Gasteiger partial charge in [-0.2, -0.15) is 5.10 Å². The lowest BCUT2D eigenvalue weighted by Crippen LogP contribution is -2.47. The lowest BCUT2D eigenvalue weighted by atomic mass is 9.83. The molecule has 1 aromatic heterocycles. The number of fused-ring (bicyclic) bond motifs is 2. The topological polar surface area (TPSA) is 39.5 Å². The molecule has 0 saturated carbocycles. The summed E-state index contributed by atoms with van der Waals surface area (Å²) in [6.45, 7) is 6.03. The Bertz CT molecular complexity index is 744. The summed E-state index contributed by atoms with van der Waals surface area (Å²) in [7, 11) is 0. The first-order valence-electron chi connectivity index (χ1n) is 9.91. The first kappa shape index (κ1) is 16.5. The monoisotopic (exact) mass is 353 g/mol. The summed E-state index contributed by atoms with van der Waals surface area (Å²) < 4.78 is 13.9. The maximum absolute atomic E-state index is 6.37. The molecule has 1 aromatic carbocycles. The minimum Gasteiger partial charge on any atom is -0.381 e. The number of nitrogens with zero attached hydrogens (tertiary/aromatic N) is 3. The van der Waals surface area contributed by atoms with Gasteiger partial charge in [0.15, 0.2) is 0 Å². The maximum atomic E-state index is 6.37. The van der Waals surface area contributed by atoms with E-state index >= 15 is 0 Å². The standard InChI is InChI=1S/C21H27N3O2/c1-2-4-19(5-3-1)24-15-18-7-13-26-21(20(18)22-24)8-10-23(11-9-21)14-17-6-12-25-16-17/h1-5,15,17H,6-14,16H2. The number of para-hydroxylation sites is 1. The summed E-state index contributed by atoms with van der Waals surface area (Å²) in [4.78, 5) is 2.59. The molecule has 5 nitrogen and oxygen atoms in total. The number of ether oxygens (including phenoxy) is 2. The highest BCUT2D eigenvalue weighted by molar-refractivity contribution is 5.35. The van der Waals surface area contributed by atoms with E-state index in [0.29, 0.717) is 5.92 Å². The van der Waals surface area contributed by atoms with Crippen molar-refractivity contribution in [2.24, 2.45) is 5.92 Å². The highest BCUT2D eigenvalue weighted by Crippen LogP contribution is 2.41. The second-order valence-corrected chi connectivity index (χ2v) is 7.91. The van der Waals surface area contributed by atoms with Gasteiger partial charge in [-0.15, -0.1) is 0 Å². The predicted molar refractivity (Wildman–Crippen MR) is 99.5 cm³/mol. The van der Waals surface area contributed by atoms with Gasteiger partial charge in [-0.25, -0.2) is 4.68 Å². The van der Waals surface area contributed by atoms with Crippen LogP contribution in [-0.4, -0.2) is 54.1 Å². The third kappa shape index (κ3) is 2.98. The molecular weight excluding hydrogens is 326 g/mol. The van der Waals surface area contributed by atoms with Crippen LogP contribution in [-0.2, 0) is 21.5 Å². The molecule has 1 unspecified atom stereocenters. The van der Waals surface area contributed by atoms with E-state index in [4.69, 9.17) is 14.6 Å². The quantitative estimate of drug-likeness (QED) is 0.851. The van der Waals surface area contributed by atoms with Crippen LogP contribution >= 0.6 is 0 Å². The highest BCUT2D eigenvalue weighted by Gasteiger charge is 2.43. The molecule has 0 bridgehead atoms. The molecule has 138 valence electrons. The van der Waals surface area contributed by atoms with Crippen LogP contribution < -0.4 is 0 Å². The Morgan fingerprint density at radius 2 is 1.96 bits per heavy atom. The van der Waals surface area contributed by atoms with Crippen molar-refractivity contribution in [3.05, 3.63) is 47.8 Å². The van der Waals surface area contributed by atoms with E-state index in [0.717, 1.165) is 57.9 Å². The van der Waals surface area contributed by atoms with E-state index in [1.165, 1.54) is 24.2 Å². The van der Waals surface area contributed by atoms with Gasteiger partial charge in [0.1, 0.15) is 5.60 Å². The highest BCUT2D eigenvalue weighted by atomic mass is 16.5. The summed E-state index contributed by atoms with van der Waals surface area (Å²) in [5.74, 6) is 0.712. The Balaban J connectivity index is 1.34. The van der Waals surface area contributed by atoms with Crippen molar-refractivity contribution in [1.29, 1.82) is 0 Å². The summed E-state index contributed by atoms with van der Waals surface area (Å²) in [6, 6.07) is 10.4. The number of hydrogen-bond acceptors (Lipinski definition) is 4. The lowest BCUT2D eigenvalue weighted by molar-refractivity contribution is -0.102.